The Kier molecular flexibility index (Phi) is 1.70. The van der Waals surface area contributed by atoms with Crippen LogP contribution in [0, 0.1) is 5.41 Å². The largest absolute Gasteiger partial charge is 0.316 e. The number of alkyl halides is 1. The Morgan fingerprint density at radius 3 is 2.00 bits per heavy atom. The molecular weight excluding hydrogens is 141 g/mol. The fourth-order valence-electron chi connectivity index (χ4n) is 1.65. The van der Waals surface area contributed by atoms with Gasteiger partial charge in [-0.1, -0.05) is 0 Å². The highest BCUT2D eigenvalue weighted by molar-refractivity contribution is 5.85. The molecule has 54 valence electrons. The van der Waals surface area contributed by atoms with Gasteiger partial charge in [0, 0.05) is 18.5 Å². The van der Waals surface area contributed by atoms with Crippen molar-refractivity contribution >= 4 is 12.4 Å². The standard InChI is InChI=1S/C6H10FN.ClH/c7-5-1-6(2-5)3-8-4-6;/h5,8H,1-4H2;1H. The molecule has 1 aliphatic carbocycles. The molecule has 0 aromatic carbocycles. The summed E-state index contributed by atoms with van der Waals surface area (Å²) in [5, 5.41) is 3.16. The van der Waals surface area contributed by atoms with E-state index in [1.165, 1.54) is 0 Å². The third kappa shape index (κ3) is 0.945. The molecule has 2 aliphatic rings. The van der Waals surface area contributed by atoms with Crippen molar-refractivity contribution in [2.45, 2.75) is 19.0 Å². The zero-order valence-corrected chi connectivity index (χ0v) is 6.01. The second kappa shape index (κ2) is 2.10. The first-order chi connectivity index (χ1) is 3.81. The molecule has 9 heavy (non-hydrogen) atoms. The molecule has 1 heterocycles. The van der Waals surface area contributed by atoms with Crippen LogP contribution in [0.5, 0.6) is 0 Å². The van der Waals surface area contributed by atoms with Gasteiger partial charge in [-0.15, -0.1) is 12.4 Å². The molecule has 2 fully saturated rings. The average Bonchev–Trinajstić information content (AvgIpc) is 1.51. The molecule has 1 aliphatic heterocycles. The second-order valence-electron chi connectivity index (χ2n) is 3.11. The van der Waals surface area contributed by atoms with Crippen LogP contribution >= 0.6 is 12.4 Å². The first-order valence-electron chi connectivity index (χ1n) is 3.16. The monoisotopic (exact) mass is 151 g/mol. The second-order valence-corrected chi connectivity index (χ2v) is 3.11. The molecule has 2 rings (SSSR count). The van der Waals surface area contributed by atoms with Gasteiger partial charge in [0.2, 0.25) is 0 Å². The number of nitrogens with one attached hydrogen (secondary N) is 1. The van der Waals surface area contributed by atoms with Crippen molar-refractivity contribution in [3.63, 3.8) is 0 Å². The minimum atomic E-state index is -0.475. The summed E-state index contributed by atoms with van der Waals surface area (Å²) in [5.41, 5.74) is 0.430. The van der Waals surface area contributed by atoms with E-state index in [0.29, 0.717) is 5.41 Å². The van der Waals surface area contributed by atoms with E-state index in [1.54, 1.807) is 0 Å². The summed E-state index contributed by atoms with van der Waals surface area (Å²) < 4.78 is 12.2. The van der Waals surface area contributed by atoms with Gasteiger partial charge in [-0.3, -0.25) is 0 Å². The maximum atomic E-state index is 12.2. The summed E-state index contributed by atoms with van der Waals surface area (Å²) in [4.78, 5) is 0. The van der Waals surface area contributed by atoms with Gasteiger partial charge in [-0.05, 0) is 12.8 Å². The summed E-state index contributed by atoms with van der Waals surface area (Å²) >= 11 is 0. The Hall–Kier alpha value is 0.180. The van der Waals surface area contributed by atoms with E-state index < -0.39 is 6.17 Å². The fraction of sp³-hybridized carbons (Fsp3) is 1.00. The van der Waals surface area contributed by atoms with Gasteiger partial charge < -0.3 is 5.32 Å². The van der Waals surface area contributed by atoms with Gasteiger partial charge in [-0.2, -0.15) is 0 Å². The zero-order chi connectivity index (χ0) is 5.61. The van der Waals surface area contributed by atoms with Gasteiger partial charge in [-0.25, -0.2) is 4.39 Å². The van der Waals surface area contributed by atoms with Crippen LogP contribution in [0.4, 0.5) is 4.39 Å². The van der Waals surface area contributed by atoms with Crippen molar-refractivity contribution in [1.82, 2.24) is 5.32 Å². The van der Waals surface area contributed by atoms with E-state index >= 15 is 0 Å². The molecule has 0 aromatic heterocycles. The van der Waals surface area contributed by atoms with Gasteiger partial charge in [0.1, 0.15) is 6.17 Å². The van der Waals surface area contributed by atoms with Crippen LogP contribution in [-0.2, 0) is 0 Å². The minimum Gasteiger partial charge on any atom is -0.316 e. The van der Waals surface area contributed by atoms with Gasteiger partial charge in [0.25, 0.3) is 0 Å². The number of hydrogen-bond acceptors (Lipinski definition) is 1. The van der Waals surface area contributed by atoms with Crippen molar-refractivity contribution < 1.29 is 4.39 Å². The Morgan fingerprint density at radius 1 is 1.33 bits per heavy atom. The molecule has 3 heteroatoms. The lowest BCUT2D eigenvalue weighted by atomic mass is 9.63. The molecule has 1 spiro atoms. The maximum absolute atomic E-state index is 12.2. The molecule has 1 nitrogen and oxygen atoms in total. The molecule has 0 unspecified atom stereocenters. The lowest BCUT2D eigenvalue weighted by Crippen LogP contribution is -2.60. The van der Waals surface area contributed by atoms with E-state index in [9.17, 15) is 4.39 Å². The summed E-state index contributed by atoms with van der Waals surface area (Å²) in [6.45, 7) is 2.13. The first-order valence-corrected chi connectivity index (χ1v) is 3.16. The Labute approximate surface area is 60.4 Å². The van der Waals surface area contributed by atoms with Gasteiger partial charge >= 0.3 is 0 Å². The van der Waals surface area contributed by atoms with Crippen molar-refractivity contribution in [2.24, 2.45) is 5.41 Å². The Morgan fingerprint density at radius 2 is 1.89 bits per heavy atom. The molecule has 0 aromatic rings. The highest BCUT2D eigenvalue weighted by Crippen LogP contribution is 2.45. The Bertz CT molecular complexity index is 106. The summed E-state index contributed by atoms with van der Waals surface area (Å²) in [7, 11) is 0. The van der Waals surface area contributed by atoms with Crippen molar-refractivity contribution in [3.8, 4) is 0 Å². The highest BCUT2D eigenvalue weighted by Gasteiger charge is 2.48. The maximum Gasteiger partial charge on any atom is 0.101 e. The lowest BCUT2D eigenvalue weighted by Gasteiger charge is -2.51. The number of rotatable bonds is 0. The molecular formula is C6H11ClFN. The fourth-order valence-corrected chi connectivity index (χ4v) is 1.65. The van der Waals surface area contributed by atoms with Crippen LogP contribution < -0.4 is 5.32 Å². The smallest absolute Gasteiger partial charge is 0.101 e. The topological polar surface area (TPSA) is 12.0 Å². The van der Waals surface area contributed by atoms with E-state index in [0.717, 1.165) is 25.9 Å². The third-order valence-electron chi connectivity index (χ3n) is 2.31. The quantitative estimate of drug-likeness (QED) is 0.548. The molecule has 1 saturated heterocycles. The predicted octanol–water partition coefficient (Wildman–Crippen LogP) is 1.13. The predicted molar refractivity (Wildman–Crippen MR) is 36.7 cm³/mol. The first kappa shape index (κ1) is 7.29. The van der Waals surface area contributed by atoms with Crippen molar-refractivity contribution in [3.05, 3.63) is 0 Å². The summed E-state index contributed by atoms with van der Waals surface area (Å²) in [6.07, 6.45) is 1.16. The Balaban J connectivity index is 0.000000405. The molecule has 1 N–H and O–H groups in total. The molecule has 0 radical (unpaired) electrons. The van der Waals surface area contributed by atoms with Crippen molar-refractivity contribution in [1.29, 1.82) is 0 Å². The summed E-state index contributed by atoms with van der Waals surface area (Å²) in [6, 6.07) is 0. The normalized spacial score (nSPS) is 30.3. The highest BCUT2D eigenvalue weighted by atomic mass is 35.5. The van der Waals surface area contributed by atoms with Crippen molar-refractivity contribution in [2.75, 3.05) is 13.1 Å². The lowest BCUT2D eigenvalue weighted by molar-refractivity contribution is -0.0186. The van der Waals surface area contributed by atoms with Crippen LogP contribution in [0.25, 0.3) is 0 Å². The molecule has 0 bridgehead atoms. The summed E-state index contributed by atoms with van der Waals surface area (Å²) in [5.74, 6) is 0. The van der Waals surface area contributed by atoms with E-state index in [-0.39, 0.29) is 12.4 Å². The average molecular weight is 152 g/mol. The molecule has 1 saturated carbocycles. The number of halogens is 2. The zero-order valence-electron chi connectivity index (χ0n) is 5.19. The molecule has 0 atom stereocenters. The molecule has 0 amide bonds. The third-order valence-corrected chi connectivity index (χ3v) is 2.31. The van der Waals surface area contributed by atoms with Crippen LogP contribution in [0.2, 0.25) is 0 Å². The minimum absolute atomic E-state index is 0. The van der Waals surface area contributed by atoms with Gasteiger partial charge in [0.05, 0.1) is 0 Å². The van der Waals surface area contributed by atoms with Gasteiger partial charge in [0.15, 0.2) is 0 Å². The van der Waals surface area contributed by atoms with Crippen LogP contribution in [0.3, 0.4) is 0 Å². The SMILES string of the molecule is Cl.FC1CC2(CNC2)C1. The number of hydrogen-bond donors (Lipinski definition) is 1. The van der Waals surface area contributed by atoms with E-state index in [2.05, 4.69) is 5.32 Å². The van der Waals surface area contributed by atoms with Crippen LogP contribution in [0.1, 0.15) is 12.8 Å². The van der Waals surface area contributed by atoms with E-state index in [4.69, 9.17) is 0 Å². The van der Waals surface area contributed by atoms with E-state index in [1.807, 2.05) is 0 Å². The van der Waals surface area contributed by atoms with Crippen LogP contribution in [0.15, 0.2) is 0 Å². The van der Waals surface area contributed by atoms with Crippen LogP contribution in [-0.4, -0.2) is 19.3 Å².